The lowest BCUT2D eigenvalue weighted by Crippen LogP contribution is -2.75. The van der Waals surface area contributed by atoms with Crippen molar-refractivity contribution in [2.45, 2.75) is 78.4 Å². The molecule has 6 rings (SSSR count). The third kappa shape index (κ3) is 1.72. The summed E-state index contributed by atoms with van der Waals surface area (Å²) < 4.78 is 11.2. The van der Waals surface area contributed by atoms with E-state index in [2.05, 4.69) is 13.8 Å². The van der Waals surface area contributed by atoms with Crippen LogP contribution in [-0.2, 0) is 23.9 Å². The van der Waals surface area contributed by atoms with Gasteiger partial charge in [-0.05, 0) is 62.2 Å². The van der Waals surface area contributed by atoms with Crippen LogP contribution >= 0.6 is 0 Å². The Morgan fingerprint density at radius 2 is 1.77 bits per heavy atom. The number of hydrogen-bond acceptors (Lipinski definition) is 6. The van der Waals surface area contributed by atoms with E-state index in [-0.39, 0.29) is 41.0 Å². The molecule has 0 amide bonds. The smallest absolute Gasteiger partial charge is 0.322 e. The maximum absolute atomic E-state index is 13.8. The number of fused-ring (bicyclic) bond motifs is 6. The van der Waals surface area contributed by atoms with Crippen molar-refractivity contribution in [1.82, 2.24) is 0 Å². The third-order valence-electron chi connectivity index (χ3n) is 10.8. The summed E-state index contributed by atoms with van der Waals surface area (Å²) >= 11 is 0. The molecule has 4 saturated carbocycles. The van der Waals surface area contributed by atoms with Crippen molar-refractivity contribution in [3.63, 3.8) is 0 Å². The highest BCUT2D eigenvalue weighted by Crippen LogP contribution is 2.78. The van der Waals surface area contributed by atoms with Crippen LogP contribution in [0.2, 0.25) is 0 Å². The largest absolute Gasteiger partial charge is 0.468 e. The first-order chi connectivity index (χ1) is 13.8. The zero-order valence-corrected chi connectivity index (χ0v) is 18.9. The zero-order valence-electron chi connectivity index (χ0n) is 18.9. The van der Waals surface area contributed by atoms with Gasteiger partial charge in [-0.3, -0.25) is 14.4 Å². The van der Waals surface area contributed by atoms with Gasteiger partial charge in [0, 0.05) is 11.3 Å². The summed E-state index contributed by atoms with van der Waals surface area (Å²) in [6.07, 6.45) is 3.40. The molecule has 1 N–H and O–H groups in total. The van der Waals surface area contributed by atoms with Gasteiger partial charge in [-0.25, -0.2) is 0 Å². The van der Waals surface area contributed by atoms with Crippen LogP contribution in [0.1, 0.15) is 66.7 Å². The molecule has 0 aromatic rings. The normalized spacial score (nSPS) is 55.5. The molecule has 4 bridgehead atoms. The van der Waals surface area contributed by atoms with Gasteiger partial charge >= 0.3 is 11.9 Å². The quantitative estimate of drug-likeness (QED) is 0.520. The topological polar surface area (TPSA) is 89.9 Å². The Kier molecular flexibility index (Phi) is 3.74. The Balaban J connectivity index is 1.78. The van der Waals surface area contributed by atoms with Crippen LogP contribution in [0.15, 0.2) is 0 Å². The second kappa shape index (κ2) is 5.48. The molecule has 2 aliphatic heterocycles. The summed E-state index contributed by atoms with van der Waals surface area (Å²) in [5.41, 5.74) is -4.86. The fourth-order valence-electron chi connectivity index (χ4n) is 9.57. The first kappa shape index (κ1) is 20.5. The Labute approximate surface area is 178 Å². The van der Waals surface area contributed by atoms with Gasteiger partial charge in [0.1, 0.15) is 6.10 Å². The van der Waals surface area contributed by atoms with E-state index >= 15 is 0 Å². The first-order valence-corrected chi connectivity index (χ1v) is 11.4. The number of carbonyl (C=O) groups is 3. The lowest BCUT2D eigenvalue weighted by atomic mass is 9.33. The molecule has 0 radical (unpaired) electrons. The highest BCUT2D eigenvalue weighted by molar-refractivity contribution is 6.10. The van der Waals surface area contributed by atoms with Crippen molar-refractivity contribution in [1.29, 1.82) is 0 Å². The molecule has 0 aromatic heterocycles. The van der Waals surface area contributed by atoms with E-state index in [1.165, 1.54) is 7.11 Å². The fourth-order valence-corrected chi connectivity index (χ4v) is 9.57. The van der Waals surface area contributed by atoms with E-state index in [1.807, 2.05) is 13.8 Å². The number of carbonyl (C=O) groups excluding carboxylic acids is 3. The summed E-state index contributed by atoms with van der Waals surface area (Å²) in [7, 11) is 1.29. The minimum Gasteiger partial charge on any atom is -0.468 e. The van der Waals surface area contributed by atoms with Gasteiger partial charge in [0.15, 0.2) is 11.2 Å². The lowest BCUT2D eigenvalue weighted by molar-refractivity contribution is -0.288. The molecule has 0 aromatic carbocycles. The minimum absolute atomic E-state index is 0.0697. The second-order valence-electron chi connectivity index (χ2n) is 11.7. The van der Waals surface area contributed by atoms with E-state index in [9.17, 15) is 19.5 Å². The molecule has 6 fully saturated rings. The number of ketones is 1. The van der Waals surface area contributed by atoms with Gasteiger partial charge < -0.3 is 14.6 Å². The molecule has 6 heteroatoms. The average Bonchev–Trinajstić information content (AvgIpc) is 2.76. The predicted octanol–water partition coefficient (Wildman–Crippen LogP) is 2.90. The molecule has 2 saturated heterocycles. The van der Waals surface area contributed by atoms with Crippen molar-refractivity contribution in [3.8, 4) is 0 Å². The number of methoxy groups -OCH3 is 1. The summed E-state index contributed by atoms with van der Waals surface area (Å²) in [6.45, 7) is 9.82. The van der Waals surface area contributed by atoms with Gasteiger partial charge in [0.05, 0.1) is 18.1 Å². The van der Waals surface area contributed by atoms with Gasteiger partial charge in [-0.2, -0.15) is 0 Å². The Bertz CT molecular complexity index is 860. The average molecular weight is 419 g/mol. The molecule has 4 aliphatic carbocycles. The van der Waals surface area contributed by atoms with Crippen LogP contribution in [0.5, 0.6) is 0 Å². The molecule has 166 valence electrons. The van der Waals surface area contributed by atoms with E-state index in [4.69, 9.17) is 9.47 Å². The number of Topliss-reactive ketones (excluding diaryl/α,β-unsaturated/α-hetero) is 1. The first-order valence-electron chi connectivity index (χ1n) is 11.4. The summed E-state index contributed by atoms with van der Waals surface area (Å²) in [4.78, 5) is 40.7. The molecule has 2 heterocycles. The van der Waals surface area contributed by atoms with Gasteiger partial charge in [0.25, 0.3) is 0 Å². The van der Waals surface area contributed by atoms with E-state index in [1.54, 1.807) is 6.92 Å². The molecule has 1 spiro atoms. The Morgan fingerprint density at radius 1 is 1.10 bits per heavy atom. The van der Waals surface area contributed by atoms with Crippen LogP contribution in [0.25, 0.3) is 0 Å². The van der Waals surface area contributed by atoms with Gasteiger partial charge in [0.2, 0.25) is 0 Å². The Hall–Kier alpha value is -1.43. The summed E-state index contributed by atoms with van der Waals surface area (Å²) in [5.74, 6) is -1.90. The van der Waals surface area contributed by atoms with Crippen molar-refractivity contribution < 1.29 is 29.0 Å². The van der Waals surface area contributed by atoms with Gasteiger partial charge in [-0.1, -0.05) is 27.7 Å². The number of aliphatic hydroxyl groups is 1. The third-order valence-corrected chi connectivity index (χ3v) is 10.8. The van der Waals surface area contributed by atoms with E-state index in [0.717, 1.165) is 19.3 Å². The molecular weight excluding hydrogens is 384 g/mol. The molecular formula is C24H34O6. The van der Waals surface area contributed by atoms with Crippen LogP contribution in [0, 0.1) is 45.3 Å². The molecule has 6 aliphatic rings. The monoisotopic (exact) mass is 418 g/mol. The minimum atomic E-state index is -1.65. The molecule has 4 unspecified atom stereocenters. The number of hydrogen-bond donors (Lipinski definition) is 1. The molecule has 30 heavy (non-hydrogen) atoms. The maximum atomic E-state index is 13.8. The van der Waals surface area contributed by atoms with Crippen LogP contribution < -0.4 is 0 Å². The highest BCUT2D eigenvalue weighted by atomic mass is 16.6. The predicted molar refractivity (Wildman–Crippen MR) is 107 cm³/mol. The van der Waals surface area contributed by atoms with Crippen molar-refractivity contribution in [2.75, 3.05) is 7.11 Å². The van der Waals surface area contributed by atoms with E-state index < -0.39 is 33.7 Å². The lowest BCUT2D eigenvalue weighted by Gasteiger charge is -2.71. The molecule has 6 nitrogen and oxygen atoms in total. The van der Waals surface area contributed by atoms with Crippen molar-refractivity contribution in [3.05, 3.63) is 0 Å². The second-order valence-corrected chi connectivity index (χ2v) is 11.7. The summed E-state index contributed by atoms with van der Waals surface area (Å²) in [5, 5.41) is 11.8. The van der Waals surface area contributed by atoms with Crippen molar-refractivity contribution in [2.24, 2.45) is 45.3 Å². The fraction of sp³-hybridized carbons (Fsp3) is 0.875. The maximum Gasteiger partial charge on any atom is 0.322 e. The Morgan fingerprint density at radius 3 is 2.37 bits per heavy atom. The number of esters is 2. The van der Waals surface area contributed by atoms with Crippen LogP contribution in [0.3, 0.4) is 0 Å². The van der Waals surface area contributed by atoms with Crippen LogP contribution in [-0.4, -0.2) is 41.6 Å². The van der Waals surface area contributed by atoms with E-state index in [0.29, 0.717) is 12.8 Å². The SMILES string of the molecule is COC(=O)[C@]12C(=O)C(C)C(CC3[C@]1(C)CC[C@@H]1C(C)(C)[C@H]4CC[C@@]31C(=O)O4)C2(C)O. The van der Waals surface area contributed by atoms with Crippen molar-refractivity contribution >= 4 is 17.7 Å². The molecule has 9 atom stereocenters. The standard InChI is InChI=1S/C24H34O6/c1-12-13-11-15-21(4,24(17(12)25,19(27)29-6)22(13,5)28)9-7-14-20(2,3)16-8-10-23(14,15)18(26)30-16/h12-16,28H,7-11H2,1-6H3/t12?,13?,14-,15?,16-,21+,22?,23+,24-/m1/s1. The van der Waals surface area contributed by atoms with Crippen LogP contribution in [0.4, 0.5) is 0 Å². The summed E-state index contributed by atoms with van der Waals surface area (Å²) in [6, 6.07) is 0. The highest BCUT2D eigenvalue weighted by Gasteiger charge is 2.85. The number of rotatable bonds is 1. The number of ether oxygens (including phenoxy) is 2. The zero-order chi connectivity index (χ0) is 22.1. The van der Waals surface area contributed by atoms with Gasteiger partial charge in [-0.15, -0.1) is 0 Å².